The van der Waals surface area contributed by atoms with E-state index >= 15 is 0 Å². The molecule has 1 saturated heterocycles. The number of piperidine rings is 1. The molecule has 1 fully saturated rings. The number of nitrogens with one attached hydrogen (secondary N) is 1. The van der Waals surface area contributed by atoms with Crippen molar-refractivity contribution in [3.05, 3.63) is 48.3 Å². The molecule has 0 spiro atoms. The second kappa shape index (κ2) is 7.06. The van der Waals surface area contributed by atoms with Gasteiger partial charge < -0.3 is 0 Å². The molecule has 0 bridgehead atoms. The summed E-state index contributed by atoms with van der Waals surface area (Å²) in [7, 11) is -3.57. The fraction of sp³-hybridized carbons (Fsp3) is 0.312. The van der Waals surface area contributed by atoms with Crippen LogP contribution < -0.4 is 5.32 Å². The number of hydrogen-bond donors (Lipinski definition) is 1. The van der Waals surface area contributed by atoms with E-state index in [-0.39, 0.29) is 16.4 Å². The van der Waals surface area contributed by atoms with Crippen molar-refractivity contribution in [2.24, 2.45) is 0 Å². The number of anilines is 1. The lowest BCUT2D eigenvalue weighted by Crippen LogP contribution is -2.35. The average Bonchev–Trinajstić information content (AvgIpc) is 2.63. The van der Waals surface area contributed by atoms with Gasteiger partial charge in [-0.1, -0.05) is 12.5 Å². The van der Waals surface area contributed by atoms with Gasteiger partial charge in [-0.25, -0.2) is 18.4 Å². The summed E-state index contributed by atoms with van der Waals surface area (Å²) in [5.41, 5.74) is 0.250. The van der Waals surface area contributed by atoms with Crippen LogP contribution in [0.4, 0.5) is 5.95 Å². The predicted molar refractivity (Wildman–Crippen MR) is 89.0 cm³/mol. The van der Waals surface area contributed by atoms with E-state index in [1.807, 2.05) is 0 Å². The number of carbonyl (C=O) groups is 1. The minimum Gasteiger partial charge on any atom is -0.290 e. The van der Waals surface area contributed by atoms with E-state index in [1.165, 1.54) is 28.8 Å². The van der Waals surface area contributed by atoms with E-state index < -0.39 is 15.9 Å². The van der Waals surface area contributed by atoms with Crippen molar-refractivity contribution in [2.45, 2.75) is 24.2 Å². The van der Waals surface area contributed by atoms with E-state index in [1.54, 1.807) is 18.2 Å². The molecule has 1 amide bonds. The zero-order chi connectivity index (χ0) is 17.0. The standard InChI is InChI=1S/C16H18N4O3S/c21-15(19-16-17-8-5-9-18-16)13-6-4-7-14(12-13)24(22,23)20-10-2-1-3-11-20/h4-9,12H,1-3,10-11H2,(H,17,18,19,21). The molecular formula is C16H18N4O3S. The van der Waals surface area contributed by atoms with Gasteiger partial charge in [-0.2, -0.15) is 4.31 Å². The molecule has 1 N–H and O–H groups in total. The van der Waals surface area contributed by atoms with Gasteiger partial charge in [-0.15, -0.1) is 0 Å². The number of aromatic nitrogens is 2. The maximum atomic E-state index is 12.7. The molecule has 1 aromatic heterocycles. The summed E-state index contributed by atoms with van der Waals surface area (Å²) in [6, 6.07) is 7.68. The minimum atomic E-state index is -3.57. The first-order valence-electron chi connectivity index (χ1n) is 7.76. The van der Waals surface area contributed by atoms with Crippen molar-refractivity contribution in [1.82, 2.24) is 14.3 Å². The molecule has 0 saturated carbocycles. The Hall–Kier alpha value is -2.32. The van der Waals surface area contributed by atoms with Crippen LogP contribution in [-0.4, -0.2) is 41.7 Å². The smallest absolute Gasteiger partial charge is 0.258 e. The predicted octanol–water partition coefficient (Wildman–Crippen LogP) is 1.90. The van der Waals surface area contributed by atoms with Gasteiger partial charge in [0.1, 0.15) is 0 Å². The first-order valence-corrected chi connectivity index (χ1v) is 9.20. The molecule has 126 valence electrons. The van der Waals surface area contributed by atoms with Crippen LogP contribution in [0.25, 0.3) is 0 Å². The van der Waals surface area contributed by atoms with Gasteiger partial charge in [-0.3, -0.25) is 10.1 Å². The Bertz CT molecular complexity index is 818. The summed E-state index contributed by atoms with van der Waals surface area (Å²) in [6.07, 6.45) is 5.81. The lowest BCUT2D eigenvalue weighted by atomic mass is 10.2. The molecule has 8 heteroatoms. The van der Waals surface area contributed by atoms with Crippen LogP contribution in [0.3, 0.4) is 0 Å². The van der Waals surface area contributed by atoms with Gasteiger partial charge >= 0.3 is 0 Å². The molecule has 0 aliphatic carbocycles. The molecule has 24 heavy (non-hydrogen) atoms. The topological polar surface area (TPSA) is 92.3 Å². The largest absolute Gasteiger partial charge is 0.290 e. The number of nitrogens with zero attached hydrogens (tertiary/aromatic N) is 3. The first kappa shape index (κ1) is 16.5. The number of amides is 1. The molecule has 7 nitrogen and oxygen atoms in total. The summed E-state index contributed by atoms with van der Waals surface area (Å²) in [4.78, 5) is 20.2. The van der Waals surface area contributed by atoms with Gasteiger partial charge in [0, 0.05) is 31.0 Å². The summed E-state index contributed by atoms with van der Waals surface area (Å²) < 4.78 is 26.9. The minimum absolute atomic E-state index is 0.131. The molecule has 0 radical (unpaired) electrons. The van der Waals surface area contributed by atoms with Crippen LogP contribution in [0.2, 0.25) is 0 Å². The Morgan fingerprint density at radius 3 is 2.46 bits per heavy atom. The van der Waals surface area contributed by atoms with E-state index in [9.17, 15) is 13.2 Å². The number of rotatable bonds is 4. The summed E-state index contributed by atoms with van der Waals surface area (Å²) in [6.45, 7) is 1.05. The van der Waals surface area contributed by atoms with Gasteiger partial charge in [0.2, 0.25) is 16.0 Å². The monoisotopic (exact) mass is 346 g/mol. The quantitative estimate of drug-likeness (QED) is 0.913. The maximum absolute atomic E-state index is 12.7. The van der Waals surface area contributed by atoms with Crippen molar-refractivity contribution in [3.8, 4) is 0 Å². The van der Waals surface area contributed by atoms with Crippen LogP contribution in [0.15, 0.2) is 47.6 Å². The second-order valence-corrected chi connectivity index (χ2v) is 7.46. The Morgan fingerprint density at radius 2 is 1.75 bits per heavy atom. The van der Waals surface area contributed by atoms with E-state index in [2.05, 4.69) is 15.3 Å². The Morgan fingerprint density at radius 1 is 1.04 bits per heavy atom. The van der Waals surface area contributed by atoms with Gasteiger partial charge in [0.05, 0.1) is 4.90 Å². The summed E-state index contributed by atoms with van der Waals surface area (Å²) in [5, 5.41) is 2.55. The van der Waals surface area contributed by atoms with E-state index in [4.69, 9.17) is 0 Å². The van der Waals surface area contributed by atoms with Crippen LogP contribution in [-0.2, 0) is 10.0 Å². The zero-order valence-electron chi connectivity index (χ0n) is 13.1. The maximum Gasteiger partial charge on any atom is 0.258 e. The SMILES string of the molecule is O=C(Nc1ncccn1)c1cccc(S(=O)(=O)N2CCCCC2)c1. The first-order chi connectivity index (χ1) is 11.6. The molecule has 1 aliphatic heterocycles. The van der Waals surface area contributed by atoms with Crippen molar-refractivity contribution in [1.29, 1.82) is 0 Å². The zero-order valence-corrected chi connectivity index (χ0v) is 13.9. The molecular weight excluding hydrogens is 328 g/mol. The highest BCUT2D eigenvalue weighted by Crippen LogP contribution is 2.21. The highest BCUT2D eigenvalue weighted by atomic mass is 32.2. The van der Waals surface area contributed by atoms with Crippen LogP contribution in [0, 0.1) is 0 Å². The molecule has 1 aliphatic rings. The molecule has 0 atom stereocenters. The Balaban J connectivity index is 1.82. The van der Waals surface area contributed by atoms with Crippen molar-refractivity contribution in [2.75, 3.05) is 18.4 Å². The molecule has 2 heterocycles. The summed E-state index contributed by atoms with van der Waals surface area (Å²) >= 11 is 0. The normalized spacial score (nSPS) is 15.8. The number of benzene rings is 1. The second-order valence-electron chi connectivity index (χ2n) is 5.52. The van der Waals surface area contributed by atoms with E-state index in [0.717, 1.165) is 19.3 Å². The van der Waals surface area contributed by atoms with Gasteiger partial charge in [0.25, 0.3) is 5.91 Å². The van der Waals surface area contributed by atoms with Gasteiger partial charge in [0.15, 0.2) is 0 Å². The third kappa shape index (κ3) is 3.60. The highest BCUT2D eigenvalue weighted by molar-refractivity contribution is 7.89. The fourth-order valence-corrected chi connectivity index (χ4v) is 4.15. The van der Waals surface area contributed by atoms with Crippen LogP contribution in [0.1, 0.15) is 29.6 Å². The van der Waals surface area contributed by atoms with E-state index in [0.29, 0.717) is 13.1 Å². The van der Waals surface area contributed by atoms with Crippen molar-refractivity contribution in [3.63, 3.8) is 0 Å². The van der Waals surface area contributed by atoms with Crippen molar-refractivity contribution >= 4 is 21.9 Å². The fourth-order valence-electron chi connectivity index (χ4n) is 2.59. The molecule has 0 unspecified atom stereocenters. The highest BCUT2D eigenvalue weighted by Gasteiger charge is 2.26. The Kier molecular flexibility index (Phi) is 4.86. The third-order valence-electron chi connectivity index (χ3n) is 3.84. The molecule has 2 aromatic rings. The van der Waals surface area contributed by atoms with Crippen LogP contribution >= 0.6 is 0 Å². The molecule has 1 aromatic carbocycles. The lowest BCUT2D eigenvalue weighted by molar-refractivity contribution is 0.102. The third-order valence-corrected chi connectivity index (χ3v) is 5.73. The van der Waals surface area contributed by atoms with Crippen LogP contribution in [0.5, 0.6) is 0 Å². The summed E-state index contributed by atoms with van der Waals surface area (Å²) in [5.74, 6) is -0.274. The lowest BCUT2D eigenvalue weighted by Gasteiger charge is -2.26. The number of carbonyl (C=O) groups excluding carboxylic acids is 1. The van der Waals surface area contributed by atoms with Gasteiger partial charge in [-0.05, 0) is 37.1 Å². The number of hydrogen-bond acceptors (Lipinski definition) is 5. The number of sulfonamides is 1. The Labute approximate surface area is 140 Å². The molecule has 3 rings (SSSR count). The average molecular weight is 346 g/mol. The van der Waals surface area contributed by atoms with Crippen molar-refractivity contribution < 1.29 is 13.2 Å².